The average Bonchev–Trinajstić information content (AvgIpc) is 3.13. The van der Waals surface area contributed by atoms with Crippen LogP contribution >= 0.6 is 22.9 Å². The molecule has 152 valence electrons. The summed E-state index contributed by atoms with van der Waals surface area (Å²) in [6, 6.07) is 8.11. The molecule has 0 bridgehead atoms. The van der Waals surface area contributed by atoms with Crippen LogP contribution in [0.4, 0.5) is 9.52 Å². The molecule has 0 saturated carbocycles. The molecule has 0 atom stereocenters. The number of aromatic nitrogens is 1. The van der Waals surface area contributed by atoms with E-state index >= 15 is 0 Å². The van der Waals surface area contributed by atoms with Gasteiger partial charge in [0, 0.05) is 26.2 Å². The van der Waals surface area contributed by atoms with Crippen molar-refractivity contribution in [3.63, 3.8) is 0 Å². The van der Waals surface area contributed by atoms with Gasteiger partial charge in [0.1, 0.15) is 5.82 Å². The number of fused-ring (bicyclic) bond motifs is 1. The van der Waals surface area contributed by atoms with Gasteiger partial charge in [-0.15, -0.1) is 0 Å². The first-order chi connectivity index (χ1) is 13.8. The van der Waals surface area contributed by atoms with E-state index in [0.29, 0.717) is 23.7 Å². The van der Waals surface area contributed by atoms with Gasteiger partial charge < -0.3 is 10.0 Å². The molecule has 3 aromatic rings. The fourth-order valence-corrected chi connectivity index (χ4v) is 5.84. The lowest BCUT2D eigenvalue weighted by Gasteiger charge is -2.33. The molecule has 1 fully saturated rings. The van der Waals surface area contributed by atoms with Gasteiger partial charge in [0.2, 0.25) is 10.0 Å². The van der Waals surface area contributed by atoms with Crippen LogP contribution in [0.25, 0.3) is 10.2 Å². The molecule has 1 N–H and O–H groups in total. The minimum absolute atomic E-state index is 0.0430. The van der Waals surface area contributed by atoms with Crippen LogP contribution in [-0.4, -0.2) is 55.0 Å². The molecule has 4 rings (SSSR count). The number of nitrogens with zero attached hydrogens (tertiary/aromatic N) is 3. The van der Waals surface area contributed by atoms with Crippen molar-refractivity contribution >= 4 is 54.3 Å². The Hall–Kier alpha value is -2.27. The number of hydrogen-bond donors (Lipinski definition) is 1. The molecule has 1 aliphatic heterocycles. The average molecular weight is 456 g/mol. The number of sulfonamides is 1. The van der Waals surface area contributed by atoms with Crippen LogP contribution in [0, 0.1) is 5.82 Å². The molecular weight excluding hydrogens is 441 g/mol. The molecular formula is C18H15ClFN3O4S2. The lowest BCUT2D eigenvalue weighted by Crippen LogP contribution is -2.48. The van der Waals surface area contributed by atoms with Crippen molar-refractivity contribution in [2.75, 3.05) is 31.1 Å². The van der Waals surface area contributed by atoms with Gasteiger partial charge in [0.25, 0.3) is 0 Å². The third-order valence-corrected chi connectivity index (χ3v) is 7.93. The first-order valence-corrected chi connectivity index (χ1v) is 11.2. The van der Waals surface area contributed by atoms with Crippen LogP contribution in [0.3, 0.4) is 0 Å². The number of carbonyl (C=O) groups is 1. The molecule has 0 aliphatic carbocycles. The monoisotopic (exact) mass is 455 g/mol. The zero-order chi connectivity index (χ0) is 20.8. The van der Waals surface area contributed by atoms with Gasteiger partial charge in [-0.1, -0.05) is 22.9 Å². The summed E-state index contributed by atoms with van der Waals surface area (Å²) in [5.41, 5.74) is 0.896. The Balaban J connectivity index is 1.51. The lowest BCUT2D eigenvalue weighted by molar-refractivity contribution is 0.0697. The number of anilines is 1. The number of hydrogen-bond acceptors (Lipinski definition) is 6. The van der Waals surface area contributed by atoms with Gasteiger partial charge >= 0.3 is 5.97 Å². The SMILES string of the molecule is O=C(O)c1ccc2nc(N3CCN(S(=O)(=O)c4ccc(F)c(Cl)c4)CC3)sc2c1. The van der Waals surface area contributed by atoms with Gasteiger partial charge in [0.15, 0.2) is 5.13 Å². The van der Waals surface area contributed by atoms with Crippen LogP contribution < -0.4 is 4.90 Å². The van der Waals surface area contributed by atoms with E-state index in [1.807, 2.05) is 4.90 Å². The summed E-state index contributed by atoms with van der Waals surface area (Å²) in [5, 5.41) is 9.59. The maximum absolute atomic E-state index is 13.3. The van der Waals surface area contributed by atoms with Crippen molar-refractivity contribution in [1.82, 2.24) is 9.29 Å². The Kier molecular flexibility index (Phi) is 5.19. The molecule has 29 heavy (non-hydrogen) atoms. The zero-order valence-corrected chi connectivity index (χ0v) is 17.3. The van der Waals surface area contributed by atoms with Crippen LogP contribution in [-0.2, 0) is 10.0 Å². The highest BCUT2D eigenvalue weighted by Gasteiger charge is 2.30. The Morgan fingerprint density at radius 1 is 1.14 bits per heavy atom. The summed E-state index contributed by atoms with van der Waals surface area (Å²) in [6.07, 6.45) is 0. The molecule has 0 amide bonds. The number of aromatic carboxylic acids is 1. The largest absolute Gasteiger partial charge is 0.478 e. The standard InChI is InChI=1S/C18H15ClFN3O4S2/c19-13-10-12(2-3-14(13)20)29(26,27)23-7-5-22(6-8-23)18-21-15-4-1-11(17(24)25)9-16(15)28-18/h1-4,9-10H,5-8H2,(H,24,25). The summed E-state index contributed by atoms with van der Waals surface area (Å²) in [5.74, 6) is -1.67. The fraction of sp³-hybridized carbons (Fsp3) is 0.222. The number of carboxylic acid groups (broad SMARTS) is 1. The summed E-state index contributed by atoms with van der Waals surface area (Å²) >= 11 is 7.09. The van der Waals surface area contributed by atoms with Gasteiger partial charge in [-0.25, -0.2) is 22.6 Å². The quantitative estimate of drug-likeness (QED) is 0.649. The fourth-order valence-electron chi connectivity index (χ4n) is 3.09. The van der Waals surface area contributed by atoms with Gasteiger partial charge in [-0.05, 0) is 36.4 Å². The van der Waals surface area contributed by atoms with E-state index in [9.17, 15) is 17.6 Å². The Morgan fingerprint density at radius 3 is 2.52 bits per heavy atom. The van der Waals surface area contributed by atoms with Gasteiger partial charge in [-0.2, -0.15) is 4.31 Å². The van der Waals surface area contributed by atoms with Crippen molar-refractivity contribution in [2.45, 2.75) is 4.90 Å². The minimum Gasteiger partial charge on any atom is -0.478 e. The van der Waals surface area contributed by atoms with Crippen molar-refractivity contribution in [3.05, 3.63) is 52.8 Å². The molecule has 0 spiro atoms. The van der Waals surface area contributed by atoms with Crippen molar-refractivity contribution in [1.29, 1.82) is 0 Å². The van der Waals surface area contributed by atoms with Crippen molar-refractivity contribution in [3.8, 4) is 0 Å². The second-order valence-electron chi connectivity index (χ2n) is 6.45. The molecule has 2 aromatic carbocycles. The summed E-state index contributed by atoms with van der Waals surface area (Å²) in [4.78, 5) is 17.6. The number of rotatable bonds is 4. The molecule has 1 aliphatic rings. The molecule has 7 nitrogen and oxygen atoms in total. The number of piperazine rings is 1. The Morgan fingerprint density at radius 2 is 1.86 bits per heavy atom. The predicted octanol–water partition coefficient (Wildman–Crippen LogP) is 3.30. The first kappa shape index (κ1) is 20.0. The van der Waals surface area contributed by atoms with E-state index < -0.39 is 21.8 Å². The third-order valence-electron chi connectivity index (χ3n) is 4.66. The van der Waals surface area contributed by atoms with Gasteiger partial charge in [0.05, 0.1) is 25.7 Å². The number of carboxylic acids is 1. The van der Waals surface area contributed by atoms with Crippen LogP contribution in [0.2, 0.25) is 5.02 Å². The minimum atomic E-state index is -3.77. The van der Waals surface area contributed by atoms with E-state index in [2.05, 4.69) is 4.98 Å². The number of thiazole rings is 1. The Labute approximate surface area is 175 Å². The maximum atomic E-state index is 13.3. The summed E-state index contributed by atoms with van der Waals surface area (Å²) in [7, 11) is -3.77. The van der Waals surface area contributed by atoms with Crippen molar-refractivity contribution in [2.24, 2.45) is 0 Å². The highest BCUT2D eigenvalue weighted by atomic mass is 35.5. The predicted molar refractivity (Wildman–Crippen MR) is 109 cm³/mol. The number of benzene rings is 2. The molecule has 2 heterocycles. The maximum Gasteiger partial charge on any atom is 0.335 e. The van der Waals surface area contributed by atoms with Gasteiger partial charge in [-0.3, -0.25) is 0 Å². The molecule has 11 heteroatoms. The van der Waals surface area contributed by atoms with E-state index in [-0.39, 0.29) is 28.6 Å². The third kappa shape index (κ3) is 3.80. The highest BCUT2D eigenvalue weighted by molar-refractivity contribution is 7.89. The highest BCUT2D eigenvalue weighted by Crippen LogP contribution is 2.31. The molecule has 0 unspecified atom stereocenters. The second-order valence-corrected chi connectivity index (χ2v) is 9.81. The lowest BCUT2D eigenvalue weighted by atomic mass is 10.2. The van der Waals surface area contributed by atoms with Crippen LogP contribution in [0.15, 0.2) is 41.3 Å². The summed E-state index contributed by atoms with van der Waals surface area (Å²) < 4.78 is 41.0. The summed E-state index contributed by atoms with van der Waals surface area (Å²) in [6.45, 7) is 1.35. The van der Waals surface area contributed by atoms with E-state index in [4.69, 9.17) is 16.7 Å². The van der Waals surface area contributed by atoms with E-state index in [1.54, 1.807) is 12.1 Å². The zero-order valence-electron chi connectivity index (χ0n) is 14.9. The van der Waals surface area contributed by atoms with Crippen LogP contribution in [0.5, 0.6) is 0 Å². The number of halogens is 2. The normalized spacial score (nSPS) is 15.7. The van der Waals surface area contributed by atoms with E-state index in [1.165, 1.54) is 27.8 Å². The smallest absolute Gasteiger partial charge is 0.335 e. The van der Waals surface area contributed by atoms with Crippen LogP contribution in [0.1, 0.15) is 10.4 Å². The molecule has 1 aromatic heterocycles. The first-order valence-electron chi connectivity index (χ1n) is 8.60. The molecule has 0 radical (unpaired) electrons. The van der Waals surface area contributed by atoms with E-state index in [0.717, 1.165) is 16.8 Å². The molecule has 1 saturated heterocycles. The van der Waals surface area contributed by atoms with Crippen molar-refractivity contribution < 1.29 is 22.7 Å². The topological polar surface area (TPSA) is 90.8 Å². The second kappa shape index (κ2) is 7.52. The Bertz CT molecular complexity index is 1210.